The average Bonchev–Trinajstić information content (AvgIpc) is 3.20. The van der Waals surface area contributed by atoms with Gasteiger partial charge in [0, 0.05) is 6.89 Å². The number of carbonyl (C=O) groups is 3. The third kappa shape index (κ3) is 7.61. The van der Waals surface area contributed by atoms with Gasteiger partial charge in [-0.05, 0) is 58.6 Å². The lowest BCUT2D eigenvalue weighted by Gasteiger charge is -2.49. The van der Waals surface area contributed by atoms with Gasteiger partial charge in [0.1, 0.15) is 17.8 Å². The Balaban J connectivity index is 0.000000297. The summed E-state index contributed by atoms with van der Waals surface area (Å²) in [6, 6.07) is 45.7. The zero-order chi connectivity index (χ0) is 38.1. The Hall–Kier alpha value is -6.25. The van der Waals surface area contributed by atoms with Gasteiger partial charge < -0.3 is 19.1 Å². The number of esters is 1. The van der Waals surface area contributed by atoms with E-state index in [9.17, 15) is 24.5 Å². The van der Waals surface area contributed by atoms with Crippen molar-refractivity contribution in [3.63, 3.8) is 0 Å². The van der Waals surface area contributed by atoms with Gasteiger partial charge in [-0.25, -0.2) is 9.59 Å². The van der Waals surface area contributed by atoms with E-state index in [1.54, 1.807) is 4.90 Å². The van der Waals surface area contributed by atoms with Crippen LogP contribution in [0, 0.1) is 16.0 Å². The van der Waals surface area contributed by atoms with E-state index >= 15 is 0 Å². The molecule has 1 amide bonds. The molecular formula is C43H39N2O8P. The number of fused-ring (bicyclic) bond motifs is 5. The summed E-state index contributed by atoms with van der Waals surface area (Å²) in [5.41, 5.74) is 1.63. The van der Waals surface area contributed by atoms with Crippen molar-refractivity contribution in [1.29, 1.82) is 0 Å². The fourth-order valence-corrected chi connectivity index (χ4v) is 11.2. The summed E-state index contributed by atoms with van der Waals surface area (Å²) in [6.07, 6.45) is 0.587. The molecule has 1 fully saturated rings. The van der Waals surface area contributed by atoms with Crippen LogP contribution in [-0.4, -0.2) is 39.3 Å². The molecule has 11 heteroatoms. The fraction of sp³-hybridized carbons (Fsp3) is 0.163. The van der Waals surface area contributed by atoms with Crippen LogP contribution in [0.1, 0.15) is 37.1 Å². The summed E-state index contributed by atoms with van der Waals surface area (Å²) in [4.78, 5) is 51.0. The molecule has 3 atom stereocenters. The van der Waals surface area contributed by atoms with Crippen molar-refractivity contribution in [2.75, 3.05) is 0 Å². The van der Waals surface area contributed by atoms with E-state index in [0.29, 0.717) is 29.6 Å². The maximum Gasteiger partial charge on any atom is 0.519 e. The number of likely N-dealkylation sites (tertiary alicyclic amines) is 1. The summed E-state index contributed by atoms with van der Waals surface area (Å²) in [7, 11) is 0. The molecule has 0 N–H and O–H groups in total. The zero-order valence-corrected chi connectivity index (χ0v) is 30.5. The first-order valence-electron chi connectivity index (χ1n) is 17.5. The number of β-lactam (4-membered cyclic amide) rings is 1. The van der Waals surface area contributed by atoms with Crippen LogP contribution in [0.4, 0.5) is 4.79 Å². The molecule has 0 spiro atoms. The van der Waals surface area contributed by atoms with Crippen LogP contribution in [0.2, 0.25) is 0 Å². The Morgan fingerprint density at radius 1 is 0.815 bits per heavy atom. The molecule has 3 aliphatic heterocycles. The van der Waals surface area contributed by atoms with Crippen molar-refractivity contribution in [1.82, 2.24) is 4.90 Å². The highest BCUT2D eigenvalue weighted by Crippen LogP contribution is 2.50. The van der Waals surface area contributed by atoms with Crippen LogP contribution in [0.3, 0.4) is 0 Å². The molecule has 8 rings (SSSR count). The Morgan fingerprint density at radius 2 is 1.31 bits per heavy atom. The fourth-order valence-electron chi connectivity index (χ4n) is 6.85. The van der Waals surface area contributed by atoms with Gasteiger partial charge in [0.2, 0.25) is 5.91 Å². The summed E-state index contributed by atoms with van der Waals surface area (Å²) in [5.74, 6) is -0.362. The number of carbonyl (C=O) groups excluding carboxylic acids is 3. The monoisotopic (exact) mass is 742 g/mol. The molecule has 2 bridgehead atoms. The molecule has 3 aliphatic rings. The Kier molecular flexibility index (Phi) is 11.8. The smallest absolute Gasteiger partial charge is 0.456 e. The second-order valence-corrected chi connectivity index (χ2v) is 15.9. The van der Waals surface area contributed by atoms with E-state index < -0.39 is 30.2 Å². The number of hydrogen-bond donors (Lipinski definition) is 0. The van der Waals surface area contributed by atoms with Crippen LogP contribution in [0.25, 0.3) is 0 Å². The third-order valence-corrected chi connectivity index (χ3v) is 13.6. The van der Waals surface area contributed by atoms with Crippen molar-refractivity contribution >= 4 is 46.2 Å². The van der Waals surface area contributed by atoms with Gasteiger partial charge in [0.15, 0.2) is 0 Å². The summed E-state index contributed by atoms with van der Waals surface area (Å²) in [5, 5.41) is 13.5. The van der Waals surface area contributed by atoms with Crippen LogP contribution >= 0.6 is 6.89 Å². The van der Waals surface area contributed by atoms with E-state index in [0.717, 1.165) is 21.5 Å². The van der Waals surface area contributed by atoms with Gasteiger partial charge >= 0.3 is 18.4 Å². The van der Waals surface area contributed by atoms with E-state index in [1.165, 1.54) is 24.3 Å². The molecular weight excluding hydrogens is 703 g/mol. The molecule has 0 aliphatic carbocycles. The van der Waals surface area contributed by atoms with Crippen molar-refractivity contribution in [3.8, 4) is 5.75 Å². The minimum Gasteiger partial charge on any atom is -0.456 e. The molecule has 10 nitrogen and oxygen atoms in total. The number of amides is 1. The summed E-state index contributed by atoms with van der Waals surface area (Å²) >= 11 is 0. The molecule has 0 aromatic heterocycles. The minimum absolute atomic E-state index is 0.0341. The quantitative estimate of drug-likeness (QED) is 0.0266. The van der Waals surface area contributed by atoms with Crippen LogP contribution in [-0.2, 0) is 25.7 Å². The number of hydrogen-bond acceptors (Lipinski definition) is 8. The highest BCUT2D eigenvalue weighted by molar-refractivity contribution is 7.96. The highest BCUT2D eigenvalue weighted by atomic mass is 31.2. The standard InChI is InChI=1S/C35H34NO3P.C8H5NO5/c1-3-17-32-31(4-2)33(37)36(32)34(35(38)39-26-27-18-9-5-10-19-27)40(28-20-11-6-12-21-28,29-22-13-7-14-23-29)30-24-15-8-16-25-30;10-8-13-6-3-1-5(2-4-6)7(14-8)9(11)12/h3,5-16,18-25,31-32H,1,4,17,26H2,2H3;1-4,7H. The minimum atomic E-state index is -2.88. The van der Waals surface area contributed by atoms with Gasteiger partial charge in [-0.3, -0.25) is 14.9 Å². The van der Waals surface area contributed by atoms with Crippen LogP contribution < -0.4 is 20.7 Å². The van der Waals surface area contributed by atoms with Gasteiger partial charge in [-0.15, -0.1) is 6.58 Å². The van der Waals surface area contributed by atoms with Gasteiger partial charge in [-0.1, -0.05) is 134 Å². The largest absolute Gasteiger partial charge is 0.519 e. The lowest BCUT2D eigenvalue weighted by atomic mass is 9.83. The normalized spacial score (nSPS) is 17.3. The van der Waals surface area contributed by atoms with Crippen molar-refractivity contribution in [2.45, 2.75) is 38.6 Å². The van der Waals surface area contributed by atoms with E-state index in [1.807, 2.05) is 97.9 Å². The van der Waals surface area contributed by atoms with E-state index in [2.05, 4.69) is 52.5 Å². The zero-order valence-electron chi connectivity index (χ0n) is 29.6. The Bertz CT molecular complexity index is 2060. The number of nitro groups is 1. The molecule has 274 valence electrons. The molecule has 0 saturated carbocycles. The Labute approximate surface area is 313 Å². The predicted molar refractivity (Wildman–Crippen MR) is 209 cm³/mol. The molecule has 3 unspecified atom stereocenters. The summed E-state index contributed by atoms with van der Waals surface area (Å²) < 4.78 is 15.2. The molecule has 5 aromatic rings. The first-order chi connectivity index (χ1) is 26.3. The lowest BCUT2D eigenvalue weighted by Crippen LogP contribution is -2.65. The first-order valence-corrected chi connectivity index (χ1v) is 19.3. The molecule has 3 heterocycles. The Morgan fingerprint density at radius 3 is 1.78 bits per heavy atom. The number of rotatable bonds is 11. The average molecular weight is 743 g/mol. The van der Waals surface area contributed by atoms with E-state index in [4.69, 9.17) is 4.74 Å². The van der Waals surface area contributed by atoms with Gasteiger partial charge in [0.05, 0.1) is 22.4 Å². The van der Waals surface area contributed by atoms with Crippen molar-refractivity contribution < 1.29 is 33.5 Å². The first kappa shape index (κ1) is 37.5. The number of benzene rings is 5. The maximum atomic E-state index is 14.6. The van der Waals surface area contributed by atoms with Crippen LogP contribution in [0.5, 0.6) is 5.75 Å². The second kappa shape index (κ2) is 17.1. The highest BCUT2D eigenvalue weighted by Gasteiger charge is 2.52. The molecule has 54 heavy (non-hydrogen) atoms. The van der Waals surface area contributed by atoms with Gasteiger partial charge in [-0.2, -0.15) is 0 Å². The second-order valence-electron chi connectivity index (χ2n) is 12.6. The van der Waals surface area contributed by atoms with E-state index in [-0.39, 0.29) is 24.5 Å². The predicted octanol–water partition coefficient (Wildman–Crippen LogP) is 7.16. The van der Waals surface area contributed by atoms with Gasteiger partial charge in [0.25, 0.3) is 0 Å². The molecule has 0 radical (unpaired) electrons. The lowest BCUT2D eigenvalue weighted by molar-refractivity contribution is -0.575. The van der Waals surface area contributed by atoms with Crippen molar-refractivity contribution in [2.24, 2.45) is 5.92 Å². The van der Waals surface area contributed by atoms with Crippen molar-refractivity contribution in [3.05, 3.63) is 179 Å². The summed E-state index contributed by atoms with van der Waals surface area (Å²) in [6.45, 7) is 3.23. The molecule has 1 saturated heterocycles. The SMILES string of the molecule is C=CCC1C(CC)C(=O)N1C(C(=O)OCc1ccccc1)=P(c1ccccc1)(c1ccccc1)c1ccccc1.O=C1Oc2ccc(cc2)C([N+](=O)[O-])O1. The third-order valence-electron chi connectivity index (χ3n) is 9.34. The number of ether oxygens (including phenoxy) is 3. The number of nitrogens with zero attached hydrogens (tertiary/aromatic N) is 2. The van der Waals surface area contributed by atoms with Crippen LogP contribution in [0.15, 0.2) is 158 Å². The maximum absolute atomic E-state index is 14.6. The molecule has 5 aromatic carbocycles. The topological polar surface area (TPSA) is 125 Å².